The van der Waals surface area contributed by atoms with E-state index in [2.05, 4.69) is 25.9 Å². The van der Waals surface area contributed by atoms with E-state index in [1.807, 2.05) is 54.6 Å². The van der Waals surface area contributed by atoms with E-state index in [0.717, 1.165) is 28.3 Å². The zero-order valence-corrected chi connectivity index (χ0v) is 13.2. The molecule has 0 amide bonds. The predicted molar refractivity (Wildman–Crippen MR) is 94.8 cm³/mol. The number of H-pyrrole nitrogens is 1. The number of aromatic amines is 1. The second-order valence-corrected chi connectivity index (χ2v) is 5.51. The number of hydrogen-bond acceptors (Lipinski definition) is 4. The van der Waals surface area contributed by atoms with Crippen LogP contribution >= 0.6 is 0 Å². The minimum Gasteiger partial charge on any atom is -0.496 e. The Balaban J connectivity index is 1.78. The molecule has 0 fully saturated rings. The molecule has 0 bridgehead atoms. The maximum absolute atomic E-state index is 5.93. The lowest BCUT2D eigenvalue weighted by molar-refractivity contribution is -0.672. The fourth-order valence-corrected chi connectivity index (χ4v) is 2.94. The molecule has 1 aliphatic heterocycles. The van der Waals surface area contributed by atoms with E-state index in [4.69, 9.17) is 10.5 Å². The van der Waals surface area contributed by atoms with Crippen LogP contribution in [-0.4, -0.2) is 18.1 Å². The van der Waals surface area contributed by atoms with Crippen LogP contribution in [-0.2, 0) is 0 Å². The van der Waals surface area contributed by atoms with Gasteiger partial charge in [0.1, 0.15) is 16.8 Å². The summed E-state index contributed by atoms with van der Waals surface area (Å²) < 4.78 is 7.47. The van der Waals surface area contributed by atoms with Crippen molar-refractivity contribution in [3.8, 4) is 5.75 Å². The van der Waals surface area contributed by atoms with Crippen LogP contribution in [0.3, 0.4) is 0 Å². The topological polar surface area (TPSA) is 79.3 Å². The van der Waals surface area contributed by atoms with Crippen molar-refractivity contribution < 1.29 is 9.30 Å². The van der Waals surface area contributed by atoms with Gasteiger partial charge in [0.05, 0.1) is 7.11 Å². The molecule has 3 aromatic rings. The number of nitrogens with one attached hydrogen (secondary N) is 2. The molecule has 4 N–H and O–H groups in total. The van der Waals surface area contributed by atoms with E-state index >= 15 is 0 Å². The molecule has 120 valence electrons. The zero-order valence-electron chi connectivity index (χ0n) is 13.2. The van der Waals surface area contributed by atoms with Crippen LogP contribution in [0.1, 0.15) is 11.7 Å². The number of methoxy groups -OCH3 is 1. The summed E-state index contributed by atoms with van der Waals surface area (Å²) in [7, 11) is 1.67. The first-order chi connectivity index (χ1) is 11.8. The Labute approximate surface area is 139 Å². The Morgan fingerprint density at radius 2 is 1.96 bits per heavy atom. The van der Waals surface area contributed by atoms with Gasteiger partial charge in [0.15, 0.2) is 6.17 Å². The zero-order chi connectivity index (χ0) is 16.5. The summed E-state index contributed by atoms with van der Waals surface area (Å²) in [6.07, 6.45) is 3.78. The summed E-state index contributed by atoms with van der Waals surface area (Å²) in [6, 6.07) is 15.9. The average molecular weight is 320 g/mol. The van der Waals surface area contributed by atoms with E-state index < -0.39 is 0 Å². The molecule has 0 radical (unpaired) electrons. The first-order valence-corrected chi connectivity index (χ1v) is 7.70. The van der Waals surface area contributed by atoms with Gasteiger partial charge >= 0.3 is 5.95 Å². The highest BCUT2D eigenvalue weighted by Gasteiger charge is 2.28. The number of nitrogens with zero attached hydrogens (tertiary/aromatic N) is 2. The lowest BCUT2D eigenvalue weighted by atomic mass is 10.2. The molecule has 0 spiro atoms. The maximum Gasteiger partial charge on any atom is 0.365 e. The van der Waals surface area contributed by atoms with Crippen LogP contribution in [0.4, 0.5) is 5.95 Å². The Kier molecular flexibility index (Phi) is 3.42. The molecular formula is C18H18N5O+. The molecule has 24 heavy (non-hydrogen) atoms. The van der Waals surface area contributed by atoms with Crippen molar-refractivity contribution >= 4 is 29.0 Å². The van der Waals surface area contributed by atoms with Crippen molar-refractivity contribution in [1.82, 2.24) is 4.98 Å². The largest absolute Gasteiger partial charge is 0.496 e. The number of aliphatic imine (C=N–C) groups is 1. The third kappa shape index (κ3) is 2.38. The molecule has 0 unspecified atom stereocenters. The Bertz CT molecular complexity index is 957. The second kappa shape index (κ2) is 5.73. The molecule has 0 saturated heterocycles. The maximum atomic E-state index is 5.93. The van der Waals surface area contributed by atoms with E-state index in [0.29, 0.717) is 5.96 Å². The summed E-state index contributed by atoms with van der Waals surface area (Å²) in [4.78, 5) is 7.84. The molecule has 6 nitrogen and oxygen atoms in total. The number of rotatable bonds is 3. The summed E-state index contributed by atoms with van der Waals surface area (Å²) in [5.74, 6) is 2.03. The van der Waals surface area contributed by atoms with Crippen LogP contribution in [0.25, 0.3) is 17.1 Å². The SMILES string of the molecule is COc1ccccc1/C=C/[C@H]1N=C(N)Nc2[nH]c3ccccc3[n+]21. The number of nitrogens with two attached hydrogens (primary N) is 1. The quantitative estimate of drug-likeness (QED) is 0.648. The molecule has 1 aromatic heterocycles. The number of imidazole rings is 1. The van der Waals surface area contributed by atoms with E-state index in [1.54, 1.807) is 7.11 Å². The van der Waals surface area contributed by atoms with Crippen molar-refractivity contribution in [1.29, 1.82) is 0 Å². The lowest BCUT2D eigenvalue weighted by Gasteiger charge is -2.14. The first kappa shape index (κ1) is 14.3. The third-order valence-electron chi connectivity index (χ3n) is 4.03. The summed E-state index contributed by atoms with van der Waals surface area (Å²) in [6.45, 7) is 0. The van der Waals surface area contributed by atoms with Gasteiger partial charge in [-0.25, -0.2) is 14.9 Å². The number of anilines is 1. The highest BCUT2D eigenvalue weighted by molar-refractivity contribution is 5.92. The minimum absolute atomic E-state index is 0.234. The Morgan fingerprint density at radius 3 is 2.83 bits per heavy atom. The van der Waals surface area contributed by atoms with E-state index in [-0.39, 0.29) is 6.17 Å². The molecule has 0 aliphatic carbocycles. The van der Waals surface area contributed by atoms with Gasteiger partial charge in [0.2, 0.25) is 0 Å². The van der Waals surface area contributed by atoms with Crippen LogP contribution in [0.5, 0.6) is 5.75 Å². The van der Waals surface area contributed by atoms with Gasteiger partial charge in [-0.3, -0.25) is 0 Å². The summed E-state index contributed by atoms with van der Waals surface area (Å²) in [5, 5.41) is 3.08. The number of fused-ring (bicyclic) bond motifs is 3. The number of aromatic nitrogens is 2. The van der Waals surface area contributed by atoms with Crippen LogP contribution in [0, 0.1) is 0 Å². The highest BCUT2D eigenvalue weighted by atomic mass is 16.5. The minimum atomic E-state index is -0.234. The van der Waals surface area contributed by atoms with Crippen LogP contribution in [0.2, 0.25) is 0 Å². The summed E-state index contributed by atoms with van der Waals surface area (Å²) in [5.41, 5.74) is 9.02. The van der Waals surface area contributed by atoms with Gasteiger partial charge in [0, 0.05) is 5.56 Å². The van der Waals surface area contributed by atoms with Gasteiger partial charge in [0.25, 0.3) is 5.96 Å². The van der Waals surface area contributed by atoms with Crippen molar-refractivity contribution in [2.45, 2.75) is 6.17 Å². The molecule has 2 aromatic carbocycles. The first-order valence-electron chi connectivity index (χ1n) is 7.70. The molecule has 2 heterocycles. The number of benzene rings is 2. The molecule has 4 rings (SSSR count). The molecule has 6 heteroatoms. The Hall–Kier alpha value is -3.28. The van der Waals surface area contributed by atoms with Crippen LogP contribution in [0.15, 0.2) is 59.6 Å². The monoisotopic (exact) mass is 320 g/mol. The standard InChI is InChI=1S/C18H17N5O/c1-24-15-9-5-2-6-12(15)10-11-16-21-17(19)22-18-20-13-7-3-4-8-14(13)23(16)18/h2-11,16H,1H3,(H3,19,20,21,22)/p+1/b11-10+/t16-/m0/s1. The fourth-order valence-electron chi connectivity index (χ4n) is 2.94. The smallest absolute Gasteiger partial charge is 0.365 e. The molecule has 1 atom stereocenters. The van der Waals surface area contributed by atoms with Crippen molar-refractivity contribution in [2.24, 2.45) is 10.7 Å². The lowest BCUT2D eigenvalue weighted by Crippen LogP contribution is -2.46. The van der Waals surface area contributed by atoms with Gasteiger partial charge in [-0.2, -0.15) is 4.99 Å². The van der Waals surface area contributed by atoms with Crippen molar-refractivity contribution in [2.75, 3.05) is 12.4 Å². The van der Waals surface area contributed by atoms with Gasteiger partial charge in [-0.15, -0.1) is 0 Å². The number of para-hydroxylation sites is 3. The fraction of sp³-hybridized carbons (Fsp3) is 0.111. The number of hydrogen-bond donors (Lipinski definition) is 3. The van der Waals surface area contributed by atoms with E-state index in [1.165, 1.54) is 0 Å². The Morgan fingerprint density at radius 1 is 1.17 bits per heavy atom. The predicted octanol–water partition coefficient (Wildman–Crippen LogP) is 2.42. The molecular weight excluding hydrogens is 302 g/mol. The van der Waals surface area contributed by atoms with Gasteiger partial charge < -0.3 is 10.5 Å². The van der Waals surface area contributed by atoms with Gasteiger partial charge in [-0.05, 0) is 30.4 Å². The van der Waals surface area contributed by atoms with Crippen LogP contribution < -0.4 is 20.4 Å². The third-order valence-corrected chi connectivity index (χ3v) is 4.03. The second-order valence-electron chi connectivity index (χ2n) is 5.51. The highest BCUT2D eigenvalue weighted by Crippen LogP contribution is 2.23. The van der Waals surface area contributed by atoms with Gasteiger partial charge in [-0.1, -0.05) is 30.3 Å². The normalized spacial score (nSPS) is 16.7. The van der Waals surface area contributed by atoms with Crippen molar-refractivity contribution in [3.63, 3.8) is 0 Å². The molecule has 0 saturated carbocycles. The number of guanidine groups is 1. The van der Waals surface area contributed by atoms with E-state index in [9.17, 15) is 0 Å². The average Bonchev–Trinajstić information content (AvgIpc) is 2.98. The summed E-state index contributed by atoms with van der Waals surface area (Å²) >= 11 is 0. The molecule has 1 aliphatic rings. The van der Waals surface area contributed by atoms with Crippen molar-refractivity contribution in [3.05, 3.63) is 60.2 Å². The number of ether oxygens (including phenoxy) is 1.